The van der Waals surface area contributed by atoms with Crippen LogP contribution in [0.4, 0.5) is 0 Å². The number of carbonyl (C=O) groups excluding carboxylic acids is 1. The molecule has 92 valence electrons. The van der Waals surface area contributed by atoms with Crippen LogP contribution < -0.4 is 0 Å². The summed E-state index contributed by atoms with van der Waals surface area (Å²) in [6.45, 7) is 1.55. The Morgan fingerprint density at radius 2 is 2.12 bits per heavy atom. The maximum absolute atomic E-state index is 12.2. The van der Waals surface area contributed by atoms with Crippen LogP contribution in [0.2, 0.25) is 0 Å². The Hall–Kier alpha value is -0.610. The molecule has 2 aliphatic rings. The summed E-state index contributed by atoms with van der Waals surface area (Å²) in [7, 11) is 0. The molecule has 1 aliphatic heterocycles. The van der Waals surface area contributed by atoms with Crippen molar-refractivity contribution in [2.75, 3.05) is 19.8 Å². The largest absolute Gasteiger partial charge is 0.396 e. The summed E-state index contributed by atoms with van der Waals surface area (Å²) in [6.07, 6.45) is 5.78. The zero-order valence-corrected chi connectivity index (χ0v) is 9.73. The molecule has 4 heteroatoms. The molecule has 2 fully saturated rings. The summed E-state index contributed by atoms with van der Waals surface area (Å²) in [4.78, 5) is 14.1. The van der Waals surface area contributed by atoms with Gasteiger partial charge < -0.3 is 14.7 Å². The zero-order chi connectivity index (χ0) is 11.4. The first-order chi connectivity index (χ1) is 7.83. The standard InChI is InChI=1S/C12H21NO3/c14-8-3-7-13(10-4-1-5-10)12(15)11-6-2-9-16-11/h10-11,14H,1-9H2. The molecular formula is C12H21NO3. The Bertz CT molecular complexity index is 234. The van der Waals surface area contributed by atoms with Crippen molar-refractivity contribution in [1.29, 1.82) is 0 Å². The third-order valence-corrected chi connectivity index (χ3v) is 3.56. The molecule has 0 radical (unpaired) electrons. The average Bonchev–Trinajstić information content (AvgIpc) is 2.73. The van der Waals surface area contributed by atoms with Crippen LogP contribution in [0.3, 0.4) is 0 Å². The maximum Gasteiger partial charge on any atom is 0.251 e. The smallest absolute Gasteiger partial charge is 0.251 e. The lowest BCUT2D eigenvalue weighted by atomic mass is 9.91. The Balaban J connectivity index is 1.90. The first kappa shape index (κ1) is 11.9. The van der Waals surface area contributed by atoms with E-state index in [0.717, 1.165) is 32.3 Å². The Kier molecular flexibility index (Phi) is 4.18. The number of aliphatic hydroxyl groups is 1. The Morgan fingerprint density at radius 3 is 2.62 bits per heavy atom. The summed E-state index contributed by atoms with van der Waals surface area (Å²) in [6, 6.07) is 0.406. The highest BCUT2D eigenvalue weighted by Crippen LogP contribution is 2.27. The quantitative estimate of drug-likeness (QED) is 0.760. The molecule has 1 saturated carbocycles. The summed E-state index contributed by atoms with van der Waals surface area (Å²) in [5.74, 6) is 0.149. The van der Waals surface area contributed by atoms with Gasteiger partial charge in [0.1, 0.15) is 6.10 Å². The number of aliphatic hydroxyl groups excluding tert-OH is 1. The van der Waals surface area contributed by atoms with E-state index in [1.807, 2.05) is 4.90 Å². The predicted molar refractivity (Wildman–Crippen MR) is 60.0 cm³/mol. The SMILES string of the molecule is O=C(C1CCCO1)N(CCCO)C1CCC1. The minimum absolute atomic E-state index is 0.149. The molecule has 0 aromatic rings. The predicted octanol–water partition coefficient (Wildman–Crippen LogP) is 0.929. The van der Waals surface area contributed by atoms with Crippen LogP contribution in [0.25, 0.3) is 0 Å². The van der Waals surface area contributed by atoms with Gasteiger partial charge in [0, 0.05) is 25.8 Å². The van der Waals surface area contributed by atoms with Crippen molar-refractivity contribution in [3.05, 3.63) is 0 Å². The van der Waals surface area contributed by atoms with E-state index in [1.54, 1.807) is 0 Å². The second-order valence-corrected chi connectivity index (χ2v) is 4.70. The highest BCUT2D eigenvalue weighted by Gasteiger charge is 2.34. The fourth-order valence-electron chi connectivity index (χ4n) is 2.37. The van der Waals surface area contributed by atoms with Crippen molar-refractivity contribution < 1.29 is 14.6 Å². The zero-order valence-electron chi connectivity index (χ0n) is 9.73. The third kappa shape index (κ3) is 2.55. The van der Waals surface area contributed by atoms with Crippen LogP contribution in [0, 0.1) is 0 Å². The lowest BCUT2D eigenvalue weighted by Crippen LogP contribution is -2.48. The second kappa shape index (κ2) is 5.64. The lowest BCUT2D eigenvalue weighted by Gasteiger charge is -2.38. The van der Waals surface area contributed by atoms with Crippen LogP contribution in [0.15, 0.2) is 0 Å². The van der Waals surface area contributed by atoms with Crippen LogP contribution in [-0.4, -0.2) is 47.8 Å². The van der Waals surface area contributed by atoms with Crippen LogP contribution in [0.1, 0.15) is 38.5 Å². The Morgan fingerprint density at radius 1 is 1.31 bits per heavy atom. The van der Waals surface area contributed by atoms with Crippen molar-refractivity contribution in [2.24, 2.45) is 0 Å². The lowest BCUT2D eigenvalue weighted by molar-refractivity contribution is -0.145. The maximum atomic E-state index is 12.2. The second-order valence-electron chi connectivity index (χ2n) is 4.70. The number of amides is 1. The molecule has 0 aromatic heterocycles. The highest BCUT2D eigenvalue weighted by atomic mass is 16.5. The van der Waals surface area contributed by atoms with E-state index in [-0.39, 0.29) is 18.6 Å². The first-order valence-corrected chi connectivity index (χ1v) is 6.36. The van der Waals surface area contributed by atoms with Gasteiger partial charge in [-0.25, -0.2) is 0 Å². The van der Waals surface area contributed by atoms with Gasteiger partial charge in [0.2, 0.25) is 0 Å². The molecule has 1 unspecified atom stereocenters. The molecule has 2 rings (SSSR count). The number of hydrogen-bond acceptors (Lipinski definition) is 3. The van der Waals surface area contributed by atoms with Gasteiger partial charge in [-0.2, -0.15) is 0 Å². The average molecular weight is 227 g/mol. The minimum Gasteiger partial charge on any atom is -0.396 e. The topological polar surface area (TPSA) is 49.8 Å². The molecule has 0 aromatic carbocycles. The molecular weight excluding hydrogens is 206 g/mol. The van der Waals surface area contributed by atoms with E-state index in [4.69, 9.17) is 9.84 Å². The van der Waals surface area contributed by atoms with Crippen molar-refractivity contribution in [2.45, 2.75) is 50.7 Å². The van der Waals surface area contributed by atoms with Crippen LogP contribution in [0.5, 0.6) is 0 Å². The van der Waals surface area contributed by atoms with E-state index in [0.29, 0.717) is 19.0 Å². The van der Waals surface area contributed by atoms with E-state index in [9.17, 15) is 4.79 Å². The summed E-state index contributed by atoms with van der Waals surface area (Å²) in [5, 5.41) is 8.87. The molecule has 0 spiro atoms. The number of nitrogens with zero attached hydrogens (tertiary/aromatic N) is 1. The van der Waals surface area contributed by atoms with Crippen LogP contribution >= 0.6 is 0 Å². The summed E-state index contributed by atoms with van der Waals surface area (Å²) < 4.78 is 5.44. The van der Waals surface area contributed by atoms with Crippen molar-refractivity contribution in [3.63, 3.8) is 0 Å². The van der Waals surface area contributed by atoms with Gasteiger partial charge in [-0.3, -0.25) is 4.79 Å². The van der Waals surface area contributed by atoms with Crippen molar-refractivity contribution >= 4 is 5.91 Å². The van der Waals surface area contributed by atoms with E-state index in [1.165, 1.54) is 6.42 Å². The molecule has 4 nitrogen and oxygen atoms in total. The highest BCUT2D eigenvalue weighted by molar-refractivity contribution is 5.81. The van der Waals surface area contributed by atoms with Gasteiger partial charge >= 0.3 is 0 Å². The molecule has 1 N–H and O–H groups in total. The van der Waals surface area contributed by atoms with Crippen molar-refractivity contribution in [1.82, 2.24) is 4.90 Å². The number of carbonyl (C=O) groups is 1. The summed E-state index contributed by atoms with van der Waals surface area (Å²) >= 11 is 0. The molecule has 16 heavy (non-hydrogen) atoms. The van der Waals surface area contributed by atoms with Gasteiger partial charge in [-0.1, -0.05) is 0 Å². The molecule has 1 heterocycles. The van der Waals surface area contributed by atoms with Gasteiger partial charge in [-0.15, -0.1) is 0 Å². The van der Waals surface area contributed by atoms with Gasteiger partial charge in [0.25, 0.3) is 5.91 Å². The molecule has 0 bridgehead atoms. The van der Waals surface area contributed by atoms with Gasteiger partial charge in [0.05, 0.1) is 0 Å². The minimum atomic E-state index is -0.209. The normalized spacial score (nSPS) is 25.4. The Labute approximate surface area is 96.6 Å². The number of ether oxygens (including phenoxy) is 1. The third-order valence-electron chi connectivity index (χ3n) is 3.56. The van der Waals surface area contributed by atoms with Crippen LogP contribution in [-0.2, 0) is 9.53 Å². The van der Waals surface area contributed by atoms with Gasteiger partial charge in [0.15, 0.2) is 0 Å². The molecule has 1 aliphatic carbocycles. The monoisotopic (exact) mass is 227 g/mol. The van der Waals surface area contributed by atoms with Gasteiger partial charge in [-0.05, 0) is 38.5 Å². The first-order valence-electron chi connectivity index (χ1n) is 6.36. The van der Waals surface area contributed by atoms with E-state index >= 15 is 0 Å². The fraction of sp³-hybridized carbons (Fsp3) is 0.917. The fourth-order valence-corrected chi connectivity index (χ4v) is 2.37. The van der Waals surface area contributed by atoms with E-state index in [2.05, 4.69) is 0 Å². The van der Waals surface area contributed by atoms with Crippen molar-refractivity contribution in [3.8, 4) is 0 Å². The summed E-state index contributed by atoms with van der Waals surface area (Å²) in [5.41, 5.74) is 0. The number of hydrogen-bond donors (Lipinski definition) is 1. The van der Waals surface area contributed by atoms with E-state index < -0.39 is 0 Å². The molecule has 1 atom stereocenters. The molecule has 1 saturated heterocycles. The molecule has 1 amide bonds. The number of rotatable bonds is 5.